The van der Waals surface area contributed by atoms with E-state index in [1.165, 1.54) is 0 Å². The van der Waals surface area contributed by atoms with Crippen molar-refractivity contribution in [2.75, 3.05) is 20.3 Å². The van der Waals surface area contributed by atoms with Crippen molar-refractivity contribution in [3.05, 3.63) is 81.7 Å². The molecule has 1 aliphatic carbocycles. The SMILES string of the molecule is COCCNCc1cc(C)c2occ(-c3cccc(C4(c5nncn5C)CC(C)C4)c3)c(=O)c2c1. The van der Waals surface area contributed by atoms with Crippen molar-refractivity contribution in [2.24, 2.45) is 13.0 Å². The van der Waals surface area contributed by atoms with Crippen LogP contribution in [-0.4, -0.2) is 35.0 Å². The topological polar surface area (TPSA) is 82.2 Å². The molecule has 1 fully saturated rings. The summed E-state index contributed by atoms with van der Waals surface area (Å²) in [6.45, 7) is 6.30. The van der Waals surface area contributed by atoms with E-state index in [1.54, 1.807) is 19.7 Å². The van der Waals surface area contributed by atoms with Crippen LogP contribution in [-0.2, 0) is 23.7 Å². The van der Waals surface area contributed by atoms with E-state index >= 15 is 0 Å². The molecular formula is C28H32N4O3. The number of ether oxygens (including phenoxy) is 1. The standard InChI is InChI=1S/C28H32N4O3/c1-18-13-28(14-18,27-31-30-17-32(27)3)22-7-5-6-21(12-22)24-16-35-26-19(2)10-20(11-23(26)25(24)33)15-29-8-9-34-4/h5-7,10-12,16-18,29H,8-9,13-15H2,1-4H3. The van der Waals surface area contributed by atoms with Crippen LogP contribution in [0.5, 0.6) is 0 Å². The molecule has 2 aromatic heterocycles. The molecular weight excluding hydrogens is 440 g/mol. The quantitative estimate of drug-likeness (QED) is 0.384. The Balaban J connectivity index is 1.55. The van der Waals surface area contributed by atoms with Gasteiger partial charge in [0.25, 0.3) is 0 Å². The predicted octanol–water partition coefficient (Wildman–Crippen LogP) is 4.35. The van der Waals surface area contributed by atoms with Gasteiger partial charge in [-0.1, -0.05) is 31.2 Å². The Labute approximate surface area is 205 Å². The summed E-state index contributed by atoms with van der Waals surface area (Å²) in [5, 5.41) is 12.5. The van der Waals surface area contributed by atoms with Crippen LogP contribution in [0.15, 0.2) is 58.2 Å². The first-order valence-corrected chi connectivity index (χ1v) is 12.1. The third-order valence-electron chi connectivity index (χ3n) is 7.19. The molecule has 0 atom stereocenters. The Morgan fingerprint density at radius 2 is 2.09 bits per heavy atom. The Morgan fingerprint density at radius 3 is 2.80 bits per heavy atom. The van der Waals surface area contributed by atoms with Gasteiger partial charge in [-0.2, -0.15) is 0 Å². The summed E-state index contributed by atoms with van der Waals surface area (Å²) < 4.78 is 13.1. The number of rotatable bonds is 8. The van der Waals surface area contributed by atoms with Crippen LogP contribution in [0.25, 0.3) is 22.1 Å². The first-order valence-electron chi connectivity index (χ1n) is 12.1. The molecule has 35 heavy (non-hydrogen) atoms. The second kappa shape index (κ2) is 9.40. The van der Waals surface area contributed by atoms with E-state index in [0.717, 1.165) is 47.5 Å². The number of nitrogens with zero attached hydrogens (tertiary/aromatic N) is 3. The van der Waals surface area contributed by atoms with Crippen LogP contribution in [0.2, 0.25) is 0 Å². The molecule has 1 saturated carbocycles. The van der Waals surface area contributed by atoms with Gasteiger partial charge < -0.3 is 19.0 Å². The predicted molar refractivity (Wildman–Crippen MR) is 136 cm³/mol. The van der Waals surface area contributed by atoms with Gasteiger partial charge in [-0.05, 0) is 60.1 Å². The van der Waals surface area contributed by atoms with Gasteiger partial charge in [0.15, 0.2) is 0 Å². The molecule has 7 nitrogen and oxygen atoms in total. The highest BCUT2D eigenvalue weighted by molar-refractivity contribution is 5.84. The van der Waals surface area contributed by atoms with Crippen LogP contribution in [0.1, 0.15) is 42.3 Å². The summed E-state index contributed by atoms with van der Waals surface area (Å²) >= 11 is 0. The average Bonchev–Trinajstić information content (AvgIpc) is 3.26. The Bertz CT molecular complexity index is 1420. The zero-order valence-electron chi connectivity index (χ0n) is 20.8. The van der Waals surface area contributed by atoms with Crippen LogP contribution in [0, 0.1) is 12.8 Å². The largest absolute Gasteiger partial charge is 0.463 e. The van der Waals surface area contributed by atoms with E-state index in [9.17, 15) is 4.79 Å². The molecule has 0 bridgehead atoms. The lowest BCUT2D eigenvalue weighted by atomic mass is 9.58. The van der Waals surface area contributed by atoms with Crippen LogP contribution in [0.4, 0.5) is 0 Å². The first-order chi connectivity index (χ1) is 16.9. The summed E-state index contributed by atoms with van der Waals surface area (Å²) in [7, 11) is 3.68. The molecule has 5 rings (SSSR count). The third-order valence-corrected chi connectivity index (χ3v) is 7.19. The summed E-state index contributed by atoms with van der Waals surface area (Å²) in [5.74, 6) is 1.58. The molecule has 0 radical (unpaired) electrons. The number of hydrogen-bond donors (Lipinski definition) is 1. The molecule has 0 saturated heterocycles. The fourth-order valence-electron chi connectivity index (χ4n) is 5.58. The summed E-state index contributed by atoms with van der Waals surface area (Å²) in [6.07, 6.45) is 5.37. The monoisotopic (exact) mass is 472 g/mol. The van der Waals surface area contributed by atoms with E-state index in [-0.39, 0.29) is 10.8 Å². The third kappa shape index (κ3) is 4.19. The summed E-state index contributed by atoms with van der Waals surface area (Å²) in [6, 6.07) is 12.3. The van der Waals surface area contributed by atoms with Gasteiger partial charge in [0, 0.05) is 27.2 Å². The second-order valence-electron chi connectivity index (χ2n) is 9.88. The van der Waals surface area contributed by atoms with Crippen molar-refractivity contribution >= 4 is 11.0 Å². The maximum atomic E-state index is 13.7. The molecule has 0 spiro atoms. The van der Waals surface area contributed by atoms with Crippen molar-refractivity contribution in [3.63, 3.8) is 0 Å². The van der Waals surface area contributed by atoms with Crippen molar-refractivity contribution in [2.45, 2.75) is 38.6 Å². The van der Waals surface area contributed by atoms with Gasteiger partial charge in [-0.3, -0.25) is 4.79 Å². The normalized spacial score (nSPS) is 19.7. The number of benzene rings is 2. The molecule has 4 aromatic rings. The molecule has 0 unspecified atom stereocenters. The average molecular weight is 473 g/mol. The molecule has 2 heterocycles. The van der Waals surface area contributed by atoms with Crippen LogP contribution >= 0.6 is 0 Å². The maximum absolute atomic E-state index is 13.7. The van der Waals surface area contributed by atoms with E-state index in [1.807, 2.05) is 36.7 Å². The highest BCUT2D eigenvalue weighted by Gasteiger charge is 2.48. The van der Waals surface area contributed by atoms with Gasteiger partial charge in [-0.25, -0.2) is 0 Å². The summed E-state index contributed by atoms with van der Waals surface area (Å²) in [5.41, 5.74) is 5.04. The number of aromatic nitrogens is 3. The van der Waals surface area contributed by atoms with Crippen molar-refractivity contribution in [1.82, 2.24) is 20.1 Å². The summed E-state index contributed by atoms with van der Waals surface area (Å²) in [4.78, 5) is 13.7. The van der Waals surface area contributed by atoms with Gasteiger partial charge in [0.1, 0.15) is 24.0 Å². The fourth-order valence-corrected chi connectivity index (χ4v) is 5.58. The lowest BCUT2D eigenvalue weighted by molar-refractivity contribution is 0.185. The number of fused-ring (bicyclic) bond motifs is 1. The van der Waals surface area contributed by atoms with Crippen LogP contribution in [0.3, 0.4) is 0 Å². The molecule has 1 N–H and O–H groups in total. The number of nitrogens with one attached hydrogen (secondary N) is 1. The Hall–Kier alpha value is -3.29. The second-order valence-corrected chi connectivity index (χ2v) is 9.88. The van der Waals surface area contributed by atoms with Crippen molar-refractivity contribution in [3.8, 4) is 11.1 Å². The van der Waals surface area contributed by atoms with Gasteiger partial charge in [-0.15, -0.1) is 10.2 Å². The molecule has 1 aliphatic rings. The minimum absolute atomic E-state index is 0.0140. The fraction of sp³-hybridized carbons (Fsp3) is 0.393. The minimum atomic E-state index is -0.185. The highest BCUT2D eigenvalue weighted by atomic mass is 16.5. The molecule has 7 heteroatoms. The van der Waals surface area contributed by atoms with Crippen molar-refractivity contribution < 1.29 is 9.15 Å². The Kier molecular flexibility index (Phi) is 6.30. The minimum Gasteiger partial charge on any atom is -0.463 e. The van der Waals surface area contributed by atoms with Crippen LogP contribution < -0.4 is 10.7 Å². The number of hydrogen-bond acceptors (Lipinski definition) is 6. The van der Waals surface area contributed by atoms with Gasteiger partial charge in [0.2, 0.25) is 5.43 Å². The van der Waals surface area contributed by atoms with Gasteiger partial charge >= 0.3 is 0 Å². The zero-order chi connectivity index (χ0) is 24.6. The van der Waals surface area contributed by atoms with E-state index < -0.39 is 0 Å². The lowest BCUT2D eigenvalue weighted by Gasteiger charge is -2.46. The van der Waals surface area contributed by atoms with Crippen molar-refractivity contribution in [1.29, 1.82) is 0 Å². The zero-order valence-corrected chi connectivity index (χ0v) is 20.8. The Morgan fingerprint density at radius 1 is 1.26 bits per heavy atom. The van der Waals surface area contributed by atoms with Gasteiger partial charge in [0.05, 0.1) is 23.0 Å². The van der Waals surface area contributed by atoms with E-state index in [2.05, 4.69) is 40.6 Å². The smallest absolute Gasteiger partial charge is 0.200 e. The lowest BCUT2D eigenvalue weighted by Crippen LogP contribution is -2.43. The maximum Gasteiger partial charge on any atom is 0.200 e. The molecule has 0 amide bonds. The van der Waals surface area contributed by atoms with E-state index in [4.69, 9.17) is 9.15 Å². The molecule has 0 aliphatic heterocycles. The number of methoxy groups -OCH3 is 1. The van der Waals surface area contributed by atoms with E-state index in [0.29, 0.717) is 35.6 Å². The first kappa shape index (κ1) is 23.5. The molecule has 2 aromatic carbocycles. The molecule has 182 valence electrons. The number of aryl methyl sites for hydroxylation is 2. The highest BCUT2D eigenvalue weighted by Crippen LogP contribution is 2.51.